The second-order valence-corrected chi connectivity index (χ2v) is 6.26. The SMILES string of the molecule is CC(OC(=O)C(C)(C)C)C(=O)OC(=O)C(C)(C)C. The van der Waals surface area contributed by atoms with E-state index in [0.717, 1.165) is 0 Å². The average molecular weight is 258 g/mol. The van der Waals surface area contributed by atoms with Gasteiger partial charge in [0.25, 0.3) is 0 Å². The summed E-state index contributed by atoms with van der Waals surface area (Å²) in [5, 5.41) is 0. The summed E-state index contributed by atoms with van der Waals surface area (Å²) in [5.74, 6) is -2.02. The van der Waals surface area contributed by atoms with Crippen LogP contribution in [0.3, 0.4) is 0 Å². The molecule has 104 valence electrons. The quantitative estimate of drug-likeness (QED) is 0.560. The molecule has 0 aliphatic carbocycles. The Kier molecular flexibility index (Phi) is 5.08. The Labute approximate surface area is 108 Å². The highest BCUT2D eigenvalue weighted by Crippen LogP contribution is 2.18. The van der Waals surface area contributed by atoms with Crippen molar-refractivity contribution in [2.45, 2.75) is 54.6 Å². The molecule has 0 heterocycles. The highest BCUT2D eigenvalue weighted by atomic mass is 16.6. The maximum Gasteiger partial charge on any atom is 0.354 e. The van der Waals surface area contributed by atoms with E-state index in [4.69, 9.17) is 4.74 Å². The van der Waals surface area contributed by atoms with E-state index in [0.29, 0.717) is 0 Å². The molecule has 0 aromatic rings. The molecule has 0 N–H and O–H groups in total. The van der Waals surface area contributed by atoms with E-state index in [1.807, 2.05) is 0 Å². The van der Waals surface area contributed by atoms with Gasteiger partial charge in [0.1, 0.15) is 0 Å². The normalized spacial score (nSPS) is 13.7. The fourth-order valence-electron chi connectivity index (χ4n) is 0.713. The van der Waals surface area contributed by atoms with Gasteiger partial charge in [-0.25, -0.2) is 4.79 Å². The Bertz CT molecular complexity index is 343. The molecule has 0 bridgehead atoms. The van der Waals surface area contributed by atoms with Gasteiger partial charge in [0.05, 0.1) is 10.8 Å². The van der Waals surface area contributed by atoms with Crippen molar-refractivity contribution in [1.82, 2.24) is 0 Å². The van der Waals surface area contributed by atoms with E-state index < -0.39 is 34.8 Å². The minimum atomic E-state index is -1.09. The van der Waals surface area contributed by atoms with Crippen molar-refractivity contribution in [2.75, 3.05) is 0 Å². The van der Waals surface area contributed by atoms with Crippen LogP contribution in [0.1, 0.15) is 48.5 Å². The number of rotatable bonds is 2. The van der Waals surface area contributed by atoms with Crippen molar-refractivity contribution in [3.05, 3.63) is 0 Å². The zero-order chi connectivity index (χ0) is 14.7. The molecule has 18 heavy (non-hydrogen) atoms. The van der Waals surface area contributed by atoms with Gasteiger partial charge in [0, 0.05) is 0 Å². The number of hydrogen-bond donors (Lipinski definition) is 0. The van der Waals surface area contributed by atoms with E-state index in [-0.39, 0.29) is 0 Å². The maximum atomic E-state index is 11.5. The summed E-state index contributed by atoms with van der Waals surface area (Å²) in [5.41, 5.74) is -1.48. The van der Waals surface area contributed by atoms with Gasteiger partial charge in [-0.3, -0.25) is 9.59 Å². The van der Waals surface area contributed by atoms with E-state index >= 15 is 0 Å². The lowest BCUT2D eigenvalue weighted by atomic mass is 9.97. The van der Waals surface area contributed by atoms with Crippen LogP contribution in [0.25, 0.3) is 0 Å². The maximum absolute atomic E-state index is 11.5. The van der Waals surface area contributed by atoms with Crippen molar-refractivity contribution in [2.24, 2.45) is 10.8 Å². The fourth-order valence-corrected chi connectivity index (χ4v) is 0.713. The van der Waals surface area contributed by atoms with Crippen LogP contribution in [-0.4, -0.2) is 24.0 Å². The Balaban J connectivity index is 4.47. The lowest BCUT2D eigenvalue weighted by Crippen LogP contribution is -2.35. The largest absolute Gasteiger partial charge is 0.450 e. The monoisotopic (exact) mass is 258 g/mol. The van der Waals surface area contributed by atoms with Crippen LogP contribution in [0.15, 0.2) is 0 Å². The Morgan fingerprint density at radius 3 is 1.56 bits per heavy atom. The molecule has 0 radical (unpaired) electrons. The Morgan fingerprint density at radius 1 is 0.833 bits per heavy atom. The standard InChI is InChI=1S/C13H22O5/c1-8(17-10(15)12(2,3)4)9(14)18-11(16)13(5,6)7/h8H,1-7H3. The second-order valence-electron chi connectivity index (χ2n) is 6.26. The van der Waals surface area contributed by atoms with Gasteiger partial charge in [0.2, 0.25) is 0 Å². The van der Waals surface area contributed by atoms with E-state index in [2.05, 4.69) is 4.74 Å². The first-order chi connectivity index (χ1) is 7.85. The molecule has 0 saturated heterocycles. The molecule has 0 rings (SSSR count). The van der Waals surface area contributed by atoms with Gasteiger partial charge in [-0.05, 0) is 48.5 Å². The fraction of sp³-hybridized carbons (Fsp3) is 0.769. The predicted octanol–water partition coefficient (Wildman–Crippen LogP) is 2.08. The summed E-state index contributed by atoms with van der Waals surface area (Å²) in [6, 6.07) is 0. The van der Waals surface area contributed by atoms with Crippen molar-refractivity contribution in [3.63, 3.8) is 0 Å². The van der Waals surface area contributed by atoms with Crippen molar-refractivity contribution >= 4 is 17.9 Å². The lowest BCUT2D eigenvalue weighted by Gasteiger charge is -2.21. The summed E-state index contributed by atoms with van der Waals surface area (Å²) >= 11 is 0. The van der Waals surface area contributed by atoms with Crippen molar-refractivity contribution in [1.29, 1.82) is 0 Å². The summed E-state index contributed by atoms with van der Waals surface area (Å²) in [4.78, 5) is 34.6. The number of esters is 3. The molecule has 0 fully saturated rings. The number of carbonyl (C=O) groups excluding carboxylic acids is 3. The average Bonchev–Trinajstić information content (AvgIpc) is 2.14. The topological polar surface area (TPSA) is 69.7 Å². The molecule has 0 amide bonds. The van der Waals surface area contributed by atoms with Gasteiger partial charge in [-0.1, -0.05) is 0 Å². The van der Waals surface area contributed by atoms with Gasteiger partial charge >= 0.3 is 17.9 Å². The van der Waals surface area contributed by atoms with Gasteiger partial charge in [-0.15, -0.1) is 0 Å². The second kappa shape index (κ2) is 5.50. The Hall–Kier alpha value is -1.39. The summed E-state index contributed by atoms with van der Waals surface area (Å²) in [6.45, 7) is 11.3. The lowest BCUT2D eigenvalue weighted by molar-refractivity contribution is -0.179. The minimum Gasteiger partial charge on any atom is -0.450 e. The summed E-state index contributed by atoms with van der Waals surface area (Å²) < 4.78 is 9.56. The molecule has 0 aromatic carbocycles. The van der Waals surface area contributed by atoms with Crippen LogP contribution >= 0.6 is 0 Å². The van der Waals surface area contributed by atoms with E-state index in [9.17, 15) is 14.4 Å². The molecule has 0 saturated carbocycles. The number of ether oxygens (including phenoxy) is 2. The van der Waals surface area contributed by atoms with E-state index in [1.165, 1.54) is 6.92 Å². The first-order valence-corrected chi connectivity index (χ1v) is 5.83. The highest BCUT2D eigenvalue weighted by Gasteiger charge is 2.31. The molecular weight excluding hydrogens is 236 g/mol. The van der Waals surface area contributed by atoms with Gasteiger partial charge < -0.3 is 9.47 Å². The molecule has 1 unspecified atom stereocenters. The minimum absolute atomic E-state index is 0.518. The third-order valence-corrected chi connectivity index (χ3v) is 2.03. The van der Waals surface area contributed by atoms with Crippen LogP contribution in [0, 0.1) is 10.8 Å². The zero-order valence-corrected chi connectivity index (χ0v) is 12.1. The molecule has 0 spiro atoms. The molecule has 0 aliphatic heterocycles. The van der Waals surface area contributed by atoms with Gasteiger partial charge in [0.15, 0.2) is 6.10 Å². The van der Waals surface area contributed by atoms with Crippen LogP contribution in [0.2, 0.25) is 0 Å². The first-order valence-electron chi connectivity index (χ1n) is 5.83. The highest BCUT2D eigenvalue weighted by molar-refractivity contribution is 5.91. The van der Waals surface area contributed by atoms with Crippen LogP contribution in [0.4, 0.5) is 0 Å². The number of hydrogen-bond acceptors (Lipinski definition) is 5. The molecule has 5 nitrogen and oxygen atoms in total. The van der Waals surface area contributed by atoms with Crippen LogP contribution in [-0.2, 0) is 23.9 Å². The van der Waals surface area contributed by atoms with Crippen molar-refractivity contribution in [3.8, 4) is 0 Å². The molecule has 0 aliphatic rings. The summed E-state index contributed by atoms with van der Waals surface area (Å²) in [6.07, 6.45) is -1.09. The summed E-state index contributed by atoms with van der Waals surface area (Å²) in [7, 11) is 0. The zero-order valence-electron chi connectivity index (χ0n) is 12.1. The van der Waals surface area contributed by atoms with Gasteiger partial charge in [-0.2, -0.15) is 0 Å². The first kappa shape index (κ1) is 16.6. The smallest absolute Gasteiger partial charge is 0.354 e. The van der Waals surface area contributed by atoms with Crippen LogP contribution < -0.4 is 0 Å². The third-order valence-electron chi connectivity index (χ3n) is 2.03. The van der Waals surface area contributed by atoms with E-state index in [1.54, 1.807) is 41.5 Å². The predicted molar refractivity (Wildman–Crippen MR) is 65.6 cm³/mol. The number of carbonyl (C=O) groups is 3. The molecule has 0 aromatic heterocycles. The molecular formula is C13H22O5. The third kappa shape index (κ3) is 5.29. The molecule has 5 heteroatoms. The molecule has 1 atom stereocenters. The van der Waals surface area contributed by atoms with Crippen LogP contribution in [0.5, 0.6) is 0 Å². The van der Waals surface area contributed by atoms with Crippen molar-refractivity contribution < 1.29 is 23.9 Å². The Morgan fingerprint density at radius 2 is 1.22 bits per heavy atom.